The Morgan fingerprint density at radius 1 is 0.923 bits per heavy atom. The van der Waals surface area contributed by atoms with Crippen LogP contribution >= 0.6 is 0 Å². The second-order valence-electron chi connectivity index (χ2n) is 6.22. The van der Waals surface area contributed by atoms with Gasteiger partial charge in [0.25, 0.3) is 0 Å². The number of alkyl halides is 3. The van der Waals surface area contributed by atoms with Crippen LogP contribution in [0.1, 0.15) is 70.8 Å². The van der Waals surface area contributed by atoms with Gasteiger partial charge in [0.15, 0.2) is 22.5 Å². The number of pyridine rings is 1. The van der Waals surface area contributed by atoms with Crippen LogP contribution < -0.4 is 4.57 Å². The normalized spacial score (nSPS) is 11.8. The van der Waals surface area contributed by atoms with Crippen molar-refractivity contribution in [2.75, 3.05) is 0 Å². The van der Waals surface area contributed by atoms with E-state index in [0.717, 1.165) is 0 Å². The second kappa shape index (κ2) is 13.1. The van der Waals surface area contributed by atoms with Crippen molar-refractivity contribution in [3.8, 4) is 0 Å². The third kappa shape index (κ3) is 12.2. The highest BCUT2D eigenvalue weighted by Gasteiger charge is 2.36. The van der Waals surface area contributed by atoms with Crippen LogP contribution in [0.25, 0.3) is 0 Å². The van der Waals surface area contributed by atoms with Gasteiger partial charge in [-0.05, 0) is 18.4 Å². The highest BCUT2D eigenvalue weighted by molar-refractivity contribution is 7.86. The molecule has 0 fully saturated rings. The Bertz CT molecular complexity index is 572. The van der Waals surface area contributed by atoms with E-state index < -0.39 is 15.6 Å². The van der Waals surface area contributed by atoms with Crippen molar-refractivity contribution in [1.29, 1.82) is 0 Å². The van der Waals surface area contributed by atoms with Crippen LogP contribution in [-0.4, -0.2) is 18.5 Å². The summed E-state index contributed by atoms with van der Waals surface area (Å²) in [5, 5.41) is 0. The first-order chi connectivity index (χ1) is 12.1. The van der Waals surface area contributed by atoms with Crippen molar-refractivity contribution >= 4 is 10.1 Å². The molecule has 0 N–H and O–H groups in total. The Balaban J connectivity index is 0.000000660. The number of hydrogen-bond donors (Lipinski definition) is 0. The first kappa shape index (κ1) is 24.8. The Morgan fingerprint density at radius 3 is 1.81 bits per heavy atom. The molecule has 8 heteroatoms. The molecule has 0 bridgehead atoms. The van der Waals surface area contributed by atoms with Crippen LogP contribution in [0, 0.1) is 0 Å². The fraction of sp³-hybridized carbons (Fsp3) is 0.722. The predicted molar refractivity (Wildman–Crippen MR) is 94.4 cm³/mol. The number of nitrogens with zero attached hydrogens (tertiary/aromatic N) is 1. The molecule has 1 aromatic rings. The van der Waals surface area contributed by atoms with E-state index in [1.165, 1.54) is 69.9 Å². The highest BCUT2D eigenvalue weighted by Crippen LogP contribution is 2.20. The molecule has 0 aromatic carbocycles. The first-order valence-corrected chi connectivity index (χ1v) is 10.5. The molecular formula is C18H30F3NO3S. The van der Waals surface area contributed by atoms with E-state index in [0.29, 0.717) is 0 Å². The molecule has 4 nitrogen and oxygen atoms in total. The van der Waals surface area contributed by atoms with Gasteiger partial charge in [-0.15, -0.1) is 0 Å². The molecule has 0 atom stereocenters. The standard InChI is InChI=1S/C17H30N.CHF3O3S/c1-3-5-6-7-8-9-10-14-18-15-12-17(11-4-2)13-16-18;2-1(3,4)8(5,6)7/h12-13,15-16H,3-11,14H2,1-2H3;(H,5,6,7)/q+1;/p-1. The molecule has 0 radical (unpaired) electrons. The molecule has 1 rings (SSSR count). The van der Waals surface area contributed by atoms with Gasteiger partial charge in [-0.25, -0.2) is 13.0 Å². The summed E-state index contributed by atoms with van der Waals surface area (Å²) in [7, 11) is -6.09. The Morgan fingerprint density at radius 2 is 1.38 bits per heavy atom. The van der Waals surface area contributed by atoms with Crippen molar-refractivity contribution in [1.82, 2.24) is 0 Å². The number of rotatable bonds is 10. The third-order valence-electron chi connectivity index (χ3n) is 3.80. The molecule has 1 heterocycles. The van der Waals surface area contributed by atoms with Gasteiger partial charge in [-0.2, -0.15) is 13.2 Å². The van der Waals surface area contributed by atoms with Crippen molar-refractivity contribution in [2.24, 2.45) is 0 Å². The summed E-state index contributed by atoms with van der Waals surface area (Å²) in [5.74, 6) is 0. The number of aryl methyl sites for hydroxylation is 2. The molecule has 0 aliphatic carbocycles. The van der Waals surface area contributed by atoms with E-state index in [1.54, 1.807) is 0 Å². The van der Waals surface area contributed by atoms with Crippen molar-refractivity contribution in [3.63, 3.8) is 0 Å². The SMILES string of the molecule is CCCCCCCCC[n+]1ccc(CCC)cc1.O=S(=O)([O-])C(F)(F)F. The fourth-order valence-electron chi connectivity index (χ4n) is 2.34. The van der Waals surface area contributed by atoms with Gasteiger partial charge < -0.3 is 4.55 Å². The maximum atomic E-state index is 10.7. The fourth-order valence-corrected chi connectivity index (χ4v) is 2.34. The summed E-state index contributed by atoms with van der Waals surface area (Å²) in [6.45, 7) is 5.69. The van der Waals surface area contributed by atoms with E-state index in [-0.39, 0.29) is 0 Å². The highest BCUT2D eigenvalue weighted by atomic mass is 32.2. The summed E-state index contributed by atoms with van der Waals surface area (Å²) >= 11 is 0. The van der Waals surface area contributed by atoms with Crippen LogP contribution in [-0.2, 0) is 23.1 Å². The Kier molecular flexibility index (Phi) is 12.5. The minimum atomic E-state index is -6.09. The van der Waals surface area contributed by atoms with E-state index >= 15 is 0 Å². The Hall–Kier alpha value is -1.15. The number of aromatic nitrogens is 1. The minimum Gasteiger partial charge on any atom is -0.741 e. The average Bonchev–Trinajstić information content (AvgIpc) is 2.54. The van der Waals surface area contributed by atoms with Gasteiger partial charge in [0.1, 0.15) is 6.54 Å². The zero-order valence-corrected chi connectivity index (χ0v) is 16.4. The maximum absolute atomic E-state index is 10.7. The summed E-state index contributed by atoms with van der Waals surface area (Å²) in [5.41, 5.74) is -4.18. The van der Waals surface area contributed by atoms with Crippen LogP contribution in [0.4, 0.5) is 13.2 Å². The lowest BCUT2D eigenvalue weighted by atomic mass is 10.1. The van der Waals surface area contributed by atoms with Gasteiger partial charge in [-0.1, -0.05) is 52.4 Å². The molecule has 26 heavy (non-hydrogen) atoms. The molecule has 0 saturated carbocycles. The van der Waals surface area contributed by atoms with E-state index in [9.17, 15) is 13.2 Å². The predicted octanol–water partition coefficient (Wildman–Crippen LogP) is 4.73. The number of hydrogen-bond acceptors (Lipinski definition) is 3. The van der Waals surface area contributed by atoms with Crippen molar-refractivity contribution in [3.05, 3.63) is 30.1 Å². The minimum absolute atomic E-state index is 1.18. The smallest absolute Gasteiger partial charge is 0.485 e. The van der Waals surface area contributed by atoms with Crippen molar-refractivity contribution < 1.29 is 30.7 Å². The van der Waals surface area contributed by atoms with Crippen LogP contribution in [0.5, 0.6) is 0 Å². The molecule has 0 saturated heterocycles. The first-order valence-electron chi connectivity index (χ1n) is 9.12. The van der Waals surface area contributed by atoms with Gasteiger partial charge in [0, 0.05) is 18.6 Å². The Labute approximate surface area is 155 Å². The lowest BCUT2D eigenvalue weighted by Gasteiger charge is -2.08. The molecule has 152 valence electrons. The molecular weight excluding hydrogens is 367 g/mol. The van der Waals surface area contributed by atoms with Crippen LogP contribution in [0.2, 0.25) is 0 Å². The van der Waals surface area contributed by atoms with Crippen LogP contribution in [0.3, 0.4) is 0 Å². The summed E-state index contributed by atoms with van der Waals surface area (Å²) in [6.07, 6.45) is 16.6. The topological polar surface area (TPSA) is 61.1 Å². The number of halogens is 3. The van der Waals surface area contributed by atoms with Gasteiger partial charge in [-0.3, -0.25) is 0 Å². The average molecular weight is 398 g/mol. The third-order valence-corrected chi connectivity index (χ3v) is 4.37. The largest absolute Gasteiger partial charge is 0.741 e. The summed E-state index contributed by atoms with van der Waals surface area (Å²) < 4.78 is 61.2. The summed E-state index contributed by atoms with van der Waals surface area (Å²) in [4.78, 5) is 0. The van der Waals surface area contributed by atoms with Gasteiger partial charge in [0.2, 0.25) is 0 Å². The molecule has 0 unspecified atom stereocenters. The molecule has 0 aliphatic heterocycles. The monoisotopic (exact) mass is 397 g/mol. The number of unbranched alkanes of at least 4 members (excludes halogenated alkanes) is 6. The van der Waals surface area contributed by atoms with Crippen molar-refractivity contribution in [2.45, 2.75) is 83.7 Å². The molecule has 0 spiro atoms. The zero-order valence-electron chi connectivity index (χ0n) is 15.6. The lowest BCUT2D eigenvalue weighted by Crippen LogP contribution is -2.32. The second-order valence-corrected chi connectivity index (χ2v) is 7.59. The van der Waals surface area contributed by atoms with E-state index in [1.807, 2.05) is 0 Å². The molecule has 1 aromatic heterocycles. The molecule has 0 aliphatic rings. The maximum Gasteiger partial charge on any atom is 0.485 e. The zero-order chi connectivity index (χ0) is 20.1. The molecule has 0 amide bonds. The van der Waals surface area contributed by atoms with Crippen LogP contribution in [0.15, 0.2) is 24.5 Å². The lowest BCUT2D eigenvalue weighted by molar-refractivity contribution is -0.697. The van der Waals surface area contributed by atoms with E-state index in [4.69, 9.17) is 13.0 Å². The van der Waals surface area contributed by atoms with E-state index in [2.05, 4.69) is 42.9 Å². The summed E-state index contributed by atoms with van der Waals surface area (Å²) in [6, 6.07) is 4.54. The van der Waals surface area contributed by atoms with Gasteiger partial charge in [0.05, 0.1) is 0 Å². The van der Waals surface area contributed by atoms with Gasteiger partial charge >= 0.3 is 5.51 Å². The quantitative estimate of drug-likeness (QED) is 0.248.